The molecule has 0 aromatic heterocycles. The third-order valence-corrected chi connectivity index (χ3v) is 4.00. The maximum absolute atomic E-state index is 11.9. The summed E-state index contributed by atoms with van der Waals surface area (Å²) in [5.74, 6) is 0. The van der Waals surface area contributed by atoms with Gasteiger partial charge in [0.05, 0.1) is 5.54 Å². The van der Waals surface area contributed by atoms with E-state index in [9.17, 15) is 4.79 Å². The van der Waals surface area contributed by atoms with E-state index in [0.29, 0.717) is 5.02 Å². The Hall–Kier alpha value is -2.00. The normalized spacial score (nSPS) is 20.9. The summed E-state index contributed by atoms with van der Waals surface area (Å²) in [5, 5.41) is 6.47. The van der Waals surface area contributed by atoms with Gasteiger partial charge in [-0.25, -0.2) is 4.79 Å². The van der Waals surface area contributed by atoms with Crippen LogP contribution >= 0.6 is 11.6 Å². The Morgan fingerprint density at radius 1 is 1.10 bits per heavy atom. The molecule has 0 saturated carbocycles. The fourth-order valence-corrected chi connectivity index (χ4v) is 2.77. The van der Waals surface area contributed by atoms with E-state index >= 15 is 0 Å². The van der Waals surface area contributed by atoms with Gasteiger partial charge in [-0.15, -0.1) is 0 Å². The molecule has 4 heteroatoms. The van der Waals surface area contributed by atoms with Crippen LogP contribution in [-0.2, 0) is 5.54 Å². The maximum Gasteiger partial charge on any atom is 0.320 e. The largest absolute Gasteiger partial charge is 0.324 e. The van der Waals surface area contributed by atoms with E-state index in [-0.39, 0.29) is 6.03 Å². The number of carbonyl (C=O) groups excluding carboxylic acids is 1. The van der Waals surface area contributed by atoms with Crippen LogP contribution < -0.4 is 10.6 Å². The lowest BCUT2D eigenvalue weighted by Gasteiger charge is -2.37. The van der Waals surface area contributed by atoms with Gasteiger partial charge in [0, 0.05) is 16.3 Å². The van der Waals surface area contributed by atoms with Crippen LogP contribution in [0.2, 0.25) is 5.02 Å². The molecule has 3 rings (SSSR count). The third kappa shape index (κ3) is 2.04. The van der Waals surface area contributed by atoms with E-state index in [0.717, 1.165) is 16.8 Å². The van der Waals surface area contributed by atoms with Crippen molar-refractivity contribution in [2.75, 3.05) is 5.32 Å². The van der Waals surface area contributed by atoms with Gasteiger partial charge in [0.15, 0.2) is 0 Å². The molecule has 1 atom stereocenters. The summed E-state index contributed by atoms with van der Waals surface area (Å²) in [6.45, 7) is 4.03. The van der Waals surface area contributed by atoms with Crippen LogP contribution in [-0.4, -0.2) is 6.03 Å². The molecule has 0 saturated heterocycles. The van der Waals surface area contributed by atoms with Gasteiger partial charge >= 0.3 is 6.03 Å². The number of anilines is 1. The Labute approximate surface area is 123 Å². The summed E-state index contributed by atoms with van der Waals surface area (Å²) in [4.78, 5) is 11.9. The van der Waals surface area contributed by atoms with E-state index in [1.165, 1.54) is 5.56 Å². The molecule has 0 bridgehead atoms. The van der Waals surface area contributed by atoms with Crippen molar-refractivity contribution in [3.63, 3.8) is 0 Å². The number of benzene rings is 2. The quantitative estimate of drug-likeness (QED) is 0.816. The predicted octanol–water partition coefficient (Wildman–Crippen LogP) is 4.05. The highest BCUT2D eigenvalue weighted by Gasteiger charge is 2.36. The Morgan fingerprint density at radius 3 is 2.50 bits per heavy atom. The first-order chi connectivity index (χ1) is 9.49. The number of halogens is 1. The van der Waals surface area contributed by atoms with Crippen molar-refractivity contribution in [1.29, 1.82) is 0 Å². The highest BCUT2D eigenvalue weighted by molar-refractivity contribution is 6.30. The van der Waals surface area contributed by atoms with Crippen LogP contribution in [0.4, 0.5) is 10.5 Å². The van der Waals surface area contributed by atoms with Gasteiger partial charge in [0.25, 0.3) is 0 Å². The number of urea groups is 1. The fourth-order valence-electron chi connectivity index (χ4n) is 2.60. The summed E-state index contributed by atoms with van der Waals surface area (Å²) in [6, 6.07) is 13.4. The highest BCUT2D eigenvalue weighted by atomic mass is 35.5. The van der Waals surface area contributed by atoms with Crippen molar-refractivity contribution >= 4 is 23.3 Å². The van der Waals surface area contributed by atoms with Gasteiger partial charge in [-0.3, -0.25) is 0 Å². The van der Waals surface area contributed by atoms with Crippen molar-refractivity contribution in [3.8, 4) is 0 Å². The van der Waals surface area contributed by atoms with Crippen LogP contribution in [0, 0.1) is 6.92 Å². The number of aryl methyl sites for hydroxylation is 1. The van der Waals surface area contributed by atoms with Crippen molar-refractivity contribution in [3.05, 3.63) is 64.2 Å². The molecule has 2 amide bonds. The van der Waals surface area contributed by atoms with Crippen LogP contribution in [0.25, 0.3) is 0 Å². The molecule has 20 heavy (non-hydrogen) atoms. The first-order valence-corrected chi connectivity index (χ1v) is 6.83. The van der Waals surface area contributed by atoms with E-state index in [1.807, 2.05) is 50.2 Å². The summed E-state index contributed by atoms with van der Waals surface area (Å²) in [5.41, 5.74) is 3.39. The minimum absolute atomic E-state index is 0.206. The number of hydrogen-bond acceptors (Lipinski definition) is 1. The number of carbonyl (C=O) groups is 1. The lowest BCUT2D eigenvalue weighted by atomic mass is 9.82. The van der Waals surface area contributed by atoms with Crippen LogP contribution in [0.5, 0.6) is 0 Å². The molecular formula is C16H15ClN2O. The molecule has 0 radical (unpaired) electrons. The number of rotatable bonds is 1. The monoisotopic (exact) mass is 286 g/mol. The number of amides is 2. The fraction of sp³-hybridized carbons (Fsp3) is 0.188. The van der Waals surface area contributed by atoms with E-state index < -0.39 is 5.54 Å². The zero-order valence-electron chi connectivity index (χ0n) is 11.3. The molecular weight excluding hydrogens is 272 g/mol. The van der Waals surface area contributed by atoms with Crippen LogP contribution in [0.1, 0.15) is 23.6 Å². The predicted molar refractivity (Wildman–Crippen MR) is 81.2 cm³/mol. The molecule has 2 aromatic carbocycles. The van der Waals surface area contributed by atoms with E-state index in [2.05, 4.69) is 10.6 Å². The second-order valence-electron chi connectivity index (χ2n) is 5.26. The second-order valence-corrected chi connectivity index (χ2v) is 5.70. The van der Waals surface area contributed by atoms with Crippen molar-refractivity contribution in [2.24, 2.45) is 0 Å². The molecule has 2 N–H and O–H groups in total. The maximum atomic E-state index is 11.9. The lowest BCUT2D eigenvalue weighted by molar-refractivity contribution is 0.242. The Kier molecular flexibility index (Phi) is 2.94. The van der Waals surface area contributed by atoms with Gasteiger partial charge in [0.2, 0.25) is 0 Å². The average Bonchev–Trinajstić information content (AvgIpc) is 2.40. The summed E-state index contributed by atoms with van der Waals surface area (Å²) < 4.78 is 0. The molecule has 0 unspecified atom stereocenters. The van der Waals surface area contributed by atoms with Gasteiger partial charge in [-0.2, -0.15) is 0 Å². The summed E-state index contributed by atoms with van der Waals surface area (Å²) in [6.07, 6.45) is 0. The van der Waals surface area contributed by atoms with Crippen LogP contribution in [0.3, 0.4) is 0 Å². The van der Waals surface area contributed by atoms with Gasteiger partial charge in [-0.1, -0.05) is 41.4 Å². The first kappa shape index (κ1) is 13.0. The molecule has 1 heterocycles. The number of fused-ring (bicyclic) bond motifs is 1. The Balaban J connectivity index is 2.20. The zero-order valence-corrected chi connectivity index (χ0v) is 12.1. The summed E-state index contributed by atoms with van der Waals surface area (Å²) in [7, 11) is 0. The van der Waals surface area contributed by atoms with Gasteiger partial charge in [-0.05, 0) is 37.6 Å². The smallest absolute Gasteiger partial charge is 0.320 e. The van der Waals surface area contributed by atoms with Crippen molar-refractivity contribution < 1.29 is 4.79 Å². The Bertz CT molecular complexity index is 681. The van der Waals surface area contributed by atoms with Gasteiger partial charge < -0.3 is 10.6 Å². The highest BCUT2D eigenvalue weighted by Crippen LogP contribution is 2.38. The number of hydrogen-bond donors (Lipinski definition) is 2. The first-order valence-electron chi connectivity index (χ1n) is 6.45. The van der Waals surface area contributed by atoms with Gasteiger partial charge in [0.1, 0.15) is 0 Å². The molecule has 3 nitrogen and oxygen atoms in total. The van der Waals surface area contributed by atoms with E-state index in [1.54, 1.807) is 6.07 Å². The minimum atomic E-state index is -0.587. The van der Waals surface area contributed by atoms with Crippen molar-refractivity contribution in [1.82, 2.24) is 5.32 Å². The molecule has 0 spiro atoms. The molecule has 0 aliphatic carbocycles. The second kappa shape index (κ2) is 4.53. The average molecular weight is 287 g/mol. The van der Waals surface area contributed by atoms with Crippen molar-refractivity contribution in [2.45, 2.75) is 19.4 Å². The topological polar surface area (TPSA) is 41.1 Å². The molecule has 1 aliphatic heterocycles. The molecule has 2 aromatic rings. The summed E-state index contributed by atoms with van der Waals surface area (Å²) >= 11 is 6.11. The SMILES string of the molecule is Cc1ccc([C@@]2(C)NC(=O)Nc3ccc(Cl)cc32)cc1. The third-order valence-electron chi connectivity index (χ3n) is 3.76. The minimum Gasteiger partial charge on any atom is -0.324 e. The Morgan fingerprint density at radius 2 is 1.80 bits per heavy atom. The molecule has 1 aliphatic rings. The van der Waals surface area contributed by atoms with Crippen LogP contribution in [0.15, 0.2) is 42.5 Å². The number of nitrogens with one attached hydrogen (secondary N) is 2. The molecule has 0 fully saturated rings. The lowest BCUT2D eigenvalue weighted by Crippen LogP contribution is -2.50. The molecule has 102 valence electrons. The van der Waals surface area contributed by atoms with E-state index in [4.69, 9.17) is 11.6 Å². The zero-order chi connectivity index (χ0) is 14.3. The standard InChI is InChI=1S/C16H15ClN2O/c1-10-3-5-11(6-4-10)16(2)13-9-12(17)7-8-14(13)18-15(20)19-16/h3-9H,1-2H3,(H2,18,19,20)/t16-/m1/s1.